The molecule has 0 bridgehead atoms. The molecule has 0 saturated carbocycles. The van der Waals surface area contributed by atoms with Gasteiger partial charge in [0.2, 0.25) is 0 Å². The van der Waals surface area contributed by atoms with Crippen molar-refractivity contribution in [3.63, 3.8) is 0 Å². The van der Waals surface area contributed by atoms with Gasteiger partial charge in [-0.3, -0.25) is 0 Å². The van der Waals surface area contributed by atoms with Crippen LogP contribution < -0.4 is 0 Å². The Kier molecular flexibility index (Phi) is 30.1. The van der Waals surface area contributed by atoms with Crippen LogP contribution in [0, 0.1) is 0 Å². The third-order valence-electron chi connectivity index (χ3n) is 0.682. The number of rotatable bonds is 2. The van der Waals surface area contributed by atoms with Crippen LogP contribution in [0.2, 0.25) is 0 Å². The maximum absolute atomic E-state index is 8.56. The summed E-state index contributed by atoms with van der Waals surface area (Å²) < 4.78 is 0. The van der Waals surface area contributed by atoms with E-state index in [9.17, 15) is 0 Å². The average Bonchev–Trinajstić information content (AvgIpc) is 1.27. The van der Waals surface area contributed by atoms with Crippen molar-refractivity contribution >= 4 is 54.6 Å². The third-order valence-corrected chi connectivity index (χ3v) is 0.682. The molecule has 2 atom stereocenters. The Morgan fingerprint density at radius 2 is 1.20 bits per heavy atom. The zero-order valence-electron chi connectivity index (χ0n) is 6.41. The topological polar surface area (TPSA) is 72.0 Å². The fraction of sp³-hybridized carbons (Fsp3) is 1.00. The molecule has 10 heavy (non-hydrogen) atoms. The zero-order valence-corrected chi connectivity index (χ0v) is 15.4. The van der Waals surface area contributed by atoms with Crippen LogP contribution in [0.25, 0.3) is 0 Å². The summed E-state index contributed by atoms with van der Waals surface area (Å²) in [4.78, 5) is 0. The van der Waals surface area contributed by atoms with E-state index >= 15 is 0 Å². The Bertz CT molecular complexity index is 44.2. The van der Waals surface area contributed by atoms with Gasteiger partial charge in [0.15, 0.2) is 0 Å². The minimum Gasteiger partial charge on any atom is -0.412 e. The first kappa shape index (κ1) is 22.6. The third kappa shape index (κ3) is 22.6. The molecule has 0 fully saturated rings. The minimum absolute atomic E-state index is 0. The Balaban J connectivity index is -0.0000000600. The van der Waals surface area contributed by atoms with Crippen LogP contribution >= 0.6 is 0 Å². The van der Waals surface area contributed by atoms with Crippen molar-refractivity contribution < 1.29 is 15.7 Å². The normalized spacial score (nSPS) is 13.2. The molecule has 0 rings (SSSR count). The smallest absolute Gasteiger partial charge is 0.0536 e. The van der Waals surface area contributed by atoms with Crippen LogP contribution in [-0.4, -0.2) is 82.5 Å². The maximum Gasteiger partial charge on any atom is 0.0536 e. The van der Waals surface area contributed by atoms with E-state index in [2.05, 4.69) is 0 Å². The van der Waals surface area contributed by atoms with E-state index < -0.39 is 0 Å². The molecule has 2 unspecified atom stereocenters. The summed E-state index contributed by atoms with van der Waals surface area (Å²) in [6.07, 6.45) is -0.278. The molecule has 0 saturated heterocycles. The fourth-order valence-electron chi connectivity index (χ4n) is 0.494. The first-order chi connectivity index (χ1) is 3.13. The summed E-state index contributed by atoms with van der Waals surface area (Å²) in [6, 6.07) is 0. The van der Waals surface area contributed by atoms with Crippen LogP contribution in [-0.2, 0) is 0 Å². The molecule has 4 N–H and O–H groups in total. The molecule has 58 valence electrons. The van der Waals surface area contributed by atoms with Crippen LogP contribution in [0.4, 0.5) is 0 Å². The van der Waals surface area contributed by atoms with E-state index in [1.54, 1.807) is 13.8 Å². The Labute approximate surface area is 102 Å². The van der Waals surface area contributed by atoms with Crippen LogP contribution in [0.3, 0.4) is 0 Å². The Morgan fingerprint density at radius 3 is 1.20 bits per heavy atom. The van der Waals surface area contributed by atoms with E-state index in [1.165, 1.54) is 0 Å². The molecule has 0 aliphatic rings. The molecule has 3 nitrogen and oxygen atoms in total. The molecule has 0 aliphatic carbocycles. The second-order valence-corrected chi connectivity index (χ2v) is 1.93. The summed E-state index contributed by atoms with van der Waals surface area (Å²) in [6.45, 7) is 3.32. The van der Waals surface area contributed by atoms with E-state index in [4.69, 9.17) is 10.2 Å². The zero-order chi connectivity index (χ0) is 5.86. The standard InChI is InChI=1S/C5H12O2.H2O.2Tl/c1-4(6)3-5(2)7;;;/h4-7H,3H2,1-2H3;1H2;;. The summed E-state index contributed by atoms with van der Waals surface area (Å²) >= 11 is 0. The van der Waals surface area contributed by atoms with Crippen molar-refractivity contribution in [1.29, 1.82) is 0 Å². The molecular weight excluding hydrogens is 517 g/mol. The SMILES string of the molecule is CC(O)CC(C)O.O.[Tl].[Tl]. The van der Waals surface area contributed by atoms with Gasteiger partial charge in [-0.05, 0) is 20.3 Å². The van der Waals surface area contributed by atoms with Crippen molar-refractivity contribution in [3.05, 3.63) is 0 Å². The molecule has 0 aliphatic heterocycles. The van der Waals surface area contributed by atoms with Gasteiger partial charge in [0.25, 0.3) is 0 Å². The monoisotopic (exact) mass is 532 g/mol. The van der Waals surface area contributed by atoms with Gasteiger partial charge >= 0.3 is 0 Å². The Morgan fingerprint density at radius 1 is 1.00 bits per heavy atom. The van der Waals surface area contributed by atoms with E-state index in [-0.39, 0.29) is 72.3 Å². The summed E-state index contributed by atoms with van der Waals surface area (Å²) in [5.74, 6) is 0. The van der Waals surface area contributed by atoms with Crippen molar-refractivity contribution in [2.75, 3.05) is 0 Å². The average molecular weight is 531 g/mol. The van der Waals surface area contributed by atoms with Crippen molar-refractivity contribution in [1.82, 2.24) is 0 Å². The number of aliphatic hydroxyl groups is 2. The molecule has 0 spiro atoms. The predicted molar refractivity (Wildman–Crippen MR) is 43.1 cm³/mol. The van der Waals surface area contributed by atoms with Gasteiger partial charge in [-0.25, -0.2) is 0 Å². The molecule has 0 aromatic carbocycles. The molecular formula is C5H14O3Tl2. The number of hydrogen-bond donors (Lipinski definition) is 2. The predicted octanol–water partition coefficient (Wildman–Crippen LogP) is -1.45. The largest absolute Gasteiger partial charge is 0.412 e. The molecule has 0 heterocycles. The summed E-state index contributed by atoms with van der Waals surface area (Å²) in [5.41, 5.74) is 0. The van der Waals surface area contributed by atoms with Crippen LogP contribution in [0.5, 0.6) is 0 Å². The number of aliphatic hydroxyl groups excluding tert-OH is 2. The van der Waals surface area contributed by atoms with Gasteiger partial charge in [0.05, 0.1) is 12.2 Å². The van der Waals surface area contributed by atoms with Gasteiger partial charge in [-0.15, -0.1) is 0 Å². The Hall–Kier alpha value is 1.72. The number of hydrogen-bond acceptors (Lipinski definition) is 2. The summed E-state index contributed by atoms with van der Waals surface area (Å²) in [5, 5.41) is 17.1. The quantitative estimate of drug-likeness (QED) is 0.429. The van der Waals surface area contributed by atoms with Crippen LogP contribution in [0.1, 0.15) is 20.3 Å². The molecule has 0 amide bonds. The molecule has 5 heteroatoms. The maximum atomic E-state index is 8.56. The van der Waals surface area contributed by atoms with E-state index in [0.29, 0.717) is 6.42 Å². The van der Waals surface area contributed by atoms with Crippen molar-refractivity contribution in [3.8, 4) is 0 Å². The molecule has 2 radical (unpaired) electrons. The second kappa shape index (κ2) is 13.3. The summed E-state index contributed by atoms with van der Waals surface area (Å²) in [7, 11) is 0. The fourth-order valence-corrected chi connectivity index (χ4v) is 0.494. The van der Waals surface area contributed by atoms with Gasteiger partial charge in [-0.2, -0.15) is 0 Å². The van der Waals surface area contributed by atoms with Gasteiger partial charge < -0.3 is 15.7 Å². The van der Waals surface area contributed by atoms with Gasteiger partial charge in [-0.1, -0.05) is 0 Å². The van der Waals surface area contributed by atoms with Crippen molar-refractivity contribution in [2.45, 2.75) is 32.5 Å². The van der Waals surface area contributed by atoms with E-state index in [0.717, 1.165) is 0 Å². The first-order valence-corrected chi connectivity index (χ1v) is 2.49. The van der Waals surface area contributed by atoms with Crippen molar-refractivity contribution in [2.24, 2.45) is 0 Å². The molecule has 0 aromatic heterocycles. The van der Waals surface area contributed by atoms with Gasteiger partial charge in [0.1, 0.15) is 0 Å². The second-order valence-electron chi connectivity index (χ2n) is 1.93. The van der Waals surface area contributed by atoms with Gasteiger partial charge in [0, 0.05) is 54.6 Å². The minimum atomic E-state index is -0.375. The molecule has 0 aromatic rings. The van der Waals surface area contributed by atoms with Crippen LogP contribution in [0.15, 0.2) is 0 Å². The first-order valence-electron chi connectivity index (χ1n) is 2.49. The van der Waals surface area contributed by atoms with E-state index in [1.807, 2.05) is 0 Å².